The molecule has 1 heterocycles. The van der Waals surface area contributed by atoms with Gasteiger partial charge >= 0.3 is 0 Å². The average Bonchev–Trinajstić information content (AvgIpc) is 2.74. The predicted octanol–water partition coefficient (Wildman–Crippen LogP) is 4.21. The van der Waals surface area contributed by atoms with Gasteiger partial charge in [0.2, 0.25) is 0 Å². The minimum Gasteiger partial charge on any atom is -0.455 e. The summed E-state index contributed by atoms with van der Waals surface area (Å²) in [5, 5.41) is 21.0. The molecule has 0 saturated carbocycles. The van der Waals surface area contributed by atoms with Gasteiger partial charge in [-0.05, 0) is 29.0 Å². The van der Waals surface area contributed by atoms with Crippen LogP contribution in [0.2, 0.25) is 0 Å². The fourth-order valence-corrected chi connectivity index (χ4v) is 3.24. The van der Waals surface area contributed by atoms with Crippen LogP contribution in [0.5, 0.6) is 11.5 Å². The molecule has 0 amide bonds. The molecule has 5 heteroatoms. The van der Waals surface area contributed by atoms with E-state index < -0.39 is 0 Å². The molecule has 1 saturated heterocycles. The van der Waals surface area contributed by atoms with Crippen molar-refractivity contribution in [1.82, 2.24) is 0 Å². The van der Waals surface area contributed by atoms with Gasteiger partial charge < -0.3 is 14.4 Å². The van der Waals surface area contributed by atoms with E-state index in [4.69, 9.17) is 9.47 Å². The summed E-state index contributed by atoms with van der Waals surface area (Å²) in [6.45, 7) is 2.67. The zero-order chi connectivity index (χ0) is 18.6. The number of anilines is 1. The van der Waals surface area contributed by atoms with Crippen LogP contribution in [0, 0.1) is 22.7 Å². The van der Waals surface area contributed by atoms with E-state index in [0.717, 1.165) is 16.5 Å². The summed E-state index contributed by atoms with van der Waals surface area (Å²) in [6.07, 6.45) is 0. The summed E-state index contributed by atoms with van der Waals surface area (Å²) in [5.74, 6) is 1.26. The predicted molar refractivity (Wildman–Crippen MR) is 103 cm³/mol. The molecule has 5 nitrogen and oxygen atoms in total. The Morgan fingerprint density at radius 1 is 0.852 bits per heavy atom. The minimum atomic E-state index is 0.310. The second-order valence-electron chi connectivity index (χ2n) is 6.30. The number of hydrogen-bond acceptors (Lipinski definition) is 5. The monoisotopic (exact) mass is 355 g/mol. The lowest BCUT2D eigenvalue weighted by Gasteiger charge is -2.30. The second-order valence-corrected chi connectivity index (χ2v) is 6.30. The first-order valence-corrected chi connectivity index (χ1v) is 8.76. The van der Waals surface area contributed by atoms with Crippen LogP contribution in [0.25, 0.3) is 10.8 Å². The van der Waals surface area contributed by atoms with Crippen molar-refractivity contribution in [3.63, 3.8) is 0 Å². The number of benzene rings is 3. The Bertz CT molecular complexity index is 1070. The van der Waals surface area contributed by atoms with Gasteiger partial charge in [0.15, 0.2) is 5.75 Å². The smallest absolute Gasteiger partial charge is 0.152 e. The van der Waals surface area contributed by atoms with Crippen LogP contribution in [0.1, 0.15) is 11.1 Å². The third-order valence-electron chi connectivity index (χ3n) is 4.64. The molecule has 132 valence electrons. The number of hydrogen-bond donors (Lipinski definition) is 0. The topological polar surface area (TPSA) is 69.3 Å². The fraction of sp³-hybridized carbons (Fsp3) is 0.182. The van der Waals surface area contributed by atoms with Crippen molar-refractivity contribution in [2.24, 2.45) is 0 Å². The molecule has 27 heavy (non-hydrogen) atoms. The molecule has 0 spiro atoms. The largest absolute Gasteiger partial charge is 0.455 e. The quantitative estimate of drug-likeness (QED) is 0.704. The van der Waals surface area contributed by atoms with Crippen molar-refractivity contribution in [3.05, 3.63) is 65.7 Å². The van der Waals surface area contributed by atoms with Crippen molar-refractivity contribution in [2.45, 2.75) is 0 Å². The lowest BCUT2D eigenvalue weighted by molar-refractivity contribution is 0.122. The van der Waals surface area contributed by atoms with Gasteiger partial charge in [0.25, 0.3) is 0 Å². The standard InChI is InChI=1S/C22H17N3O2/c23-14-18-12-21(25-7-9-26-10-8-25)22(13-19(18)15-24)27-20-6-5-16-3-1-2-4-17(16)11-20/h1-6,11-13H,7-10H2. The Labute approximate surface area is 157 Å². The Balaban J connectivity index is 1.77. The zero-order valence-corrected chi connectivity index (χ0v) is 14.7. The van der Waals surface area contributed by atoms with Crippen molar-refractivity contribution in [1.29, 1.82) is 10.5 Å². The van der Waals surface area contributed by atoms with Gasteiger partial charge in [-0.2, -0.15) is 10.5 Å². The maximum atomic E-state index is 9.39. The normalized spacial score (nSPS) is 13.8. The lowest BCUT2D eigenvalue weighted by Crippen LogP contribution is -2.36. The molecule has 0 unspecified atom stereocenters. The van der Waals surface area contributed by atoms with E-state index in [2.05, 4.69) is 17.0 Å². The van der Waals surface area contributed by atoms with Gasteiger partial charge in [0, 0.05) is 19.2 Å². The summed E-state index contributed by atoms with van der Waals surface area (Å²) < 4.78 is 11.6. The summed E-state index contributed by atoms with van der Waals surface area (Å²) in [5.41, 5.74) is 1.47. The van der Waals surface area contributed by atoms with Crippen LogP contribution in [-0.2, 0) is 4.74 Å². The highest BCUT2D eigenvalue weighted by Gasteiger charge is 2.19. The first-order chi connectivity index (χ1) is 13.3. The molecule has 1 aliphatic rings. The van der Waals surface area contributed by atoms with Crippen LogP contribution in [0.15, 0.2) is 54.6 Å². The van der Waals surface area contributed by atoms with Crippen molar-refractivity contribution in [3.8, 4) is 23.6 Å². The van der Waals surface area contributed by atoms with E-state index in [-0.39, 0.29) is 0 Å². The third-order valence-corrected chi connectivity index (χ3v) is 4.64. The summed E-state index contributed by atoms with van der Waals surface area (Å²) in [7, 11) is 0. The average molecular weight is 355 g/mol. The maximum absolute atomic E-state index is 9.39. The molecule has 1 aliphatic heterocycles. The molecule has 1 fully saturated rings. The Morgan fingerprint density at radius 2 is 1.56 bits per heavy atom. The highest BCUT2D eigenvalue weighted by atomic mass is 16.5. The van der Waals surface area contributed by atoms with E-state index in [1.165, 1.54) is 0 Å². The highest BCUT2D eigenvalue weighted by Crippen LogP contribution is 2.36. The molecule has 0 atom stereocenters. The van der Waals surface area contributed by atoms with E-state index >= 15 is 0 Å². The molecule has 4 rings (SSSR count). The SMILES string of the molecule is N#Cc1cc(Oc2ccc3ccccc3c2)c(N2CCOCC2)cc1C#N. The van der Waals surface area contributed by atoms with Gasteiger partial charge in [-0.1, -0.05) is 30.3 Å². The van der Waals surface area contributed by atoms with E-state index in [0.29, 0.717) is 48.9 Å². The fourth-order valence-electron chi connectivity index (χ4n) is 3.24. The Morgan fingerprint density at radius 3 is 2.30 bits per heavy atom. The van der Waals surface area contributed by atoms with Crippen molar-refractivity contribution < 1.29 is 9.47 Å². The number of fused-ring (bicyclic) bond motifs is 1. The molecule has 0 aromatic heterocycles. The third kappa shape index (κ3) is 3.42. The van der Waals surface area contributed by atoms with E-state index in [1.807, 2.05) is 42.5 Å². The number of rotatable bonds is 3. The van der Waals surface area contributed by atoms with Crippen molar-refractivity contribution >= 4 is 16.5 Å². The number of nitriles is 2. The van der Waals surface area contributed by atoms with Gasteiger partial charge in [-0.3, -0.25) is 0 Å². The molecular weight excluding hydrogens is 338 g/mol. The van der Waals surface area contributed by atoms with Gasteiger partial charge in [0.05, 0.1) is 30.0 Å². The van der Waals surface area contributed by atoms with Crippen LogP contribution in [-0.4, -0.2) is 26.3 Å². The summed E-state index contributed by atoms with van der Waals surface area (Å²) in [6, 6.07) is 21.5. The van der Waals surface area contributed by atoms with Crippen LogP contribution in [0.3, 0.4) is 0 Å². The lowest BCUT2D eigenvalue weighted by atomic mass is 10.1. The first kappa shape index (κ1) is 16.9. The van der Waals surface area contributed by atoms with E-state index in [1.54, 1.807) is 12.1 Å². The van der Waals surface area contributed by atoms with Gasteiger partial charge in [0.1, 0.15) is 17.9 Å². The number of nitrogens with zero attached hydrogens (tertiary/aromatic N) is 3. The molecule has 3 aromatic rings. The van der Waals surface area contributed by atoms with Crippen molar-refractivity contribution in [2.75, 3.05) is 31.2 Å². The summed E-state index contributed by atoms with van der Waals surface area (Å²) >= 11 is 0. The van der Waals surface area contributed by atoms with Crippen LogP contribution < -0.4 is 9.64 Å². The van der Waals surface area contributed by atoms with E-state index in [9.17, 15) is 10.5 Å². The molecule has 0 aliphatic carbocycles. The molecular formula is C22H17N3O2. The highest BCUT2D eigenvalue weighted by molar-refractivity contribution is 5.84. The van der Waals surface area contributed by atoms with Crippen LogP contribution in [0.4, 0.5) is 5.69 Å². The zero-order valence-electron chi connectivity index (χ0n) is 14.7. The Hall–Kier alpha value is -3.54. The number of morpholine rings is 1. The molecule has 0 N–H and O–H groups in total. The van der Waals surface area contributed by atoms with Gasteiger partial charge in [-0.25, -0.2) is 0 Å². The van der Waals surface area contributed by atoms with Gasteiger partial charge in [-0.15, -0.1) is 0 Å². The molecule has 0 radical (unpaired) electrons. The summed E-state index contributed by atoms with van der Waals surface area (Å²) in [4.78, 5) is 2.13. The van der Waals surface area contributed by atoms with Crippen LogP contribution >= 0.6 is 0 Å². The number of ether oxygens (including phenoxy) is 2. The minimum absolute atomic E-state index is 0.310. The molecule has 3 aromatic carbocycles. The Kier molecular flexibility index (Phi) is 4.61. The molecule has 0 bridgehead atoms. The second kappa shape index (κ2) is 7.37. The maximum Gasteiger partial charge on any atom is 0.152 e. The first-order valence-electron chi connectivity index (χ1n) is 8.76.